The minimum absolute atomic E-state index is 0.745. The van der Waals surface area contributed by atoms with E-state index in [0.717, 1.165) is 25.4 Å². The summed E-state index contributed by atoms with van der Waals surface area (Å²) in [6, 6.07) is 0. The Hall–Kier alpha value is 0.320. The van der Waals surface area contributed by atoms with E-state index in [1.165, 1.54) is 22.7 Å². The van der Waals surface area contributed by atoms with Crippen molar-refractivity contribution in [2.24, 2.45) is 0 Å². The van der Waals surface area contributed by atoms with E-state index in [2.05, 4.69) is 25.9 Å². The van der Waals surface area contributed by atoms with Gasteiger partial charge >= 0.3 is 0 Å². The van der Waals surface area contributed by atoms with Gasteiger partial charge in [-0.1, -0.05) is 39.1 Å². The van der Waals surface area contributed by atoms with Crippen LogP contribution in [0.2, 0.25) is 8.67 Å². The van der Waals surface area contributed by atoms with Crippen molar-refractivity contribution in [1.29, 1.82) is 0 Å². The molecule has 2 aromatic rings. The number of aryl methyl sites for hydroxylation is 1. The van der Waals surface area contributed by atoms with Crippen molar-refractivity contribution in [1.82, 2.24) is 9.97 Å². The standard InChI is InChI=1S/C4H3BrClNS.C4H4ClNS/c5-1-3-4(6)8-2-7-3;1-3-4(5)7-2-6-3/h2H,1H2;2H,1H3. The van der Waals surface area contributed by atoms with E-state index in [-0.39, 0.29) is 0 Å². The number of nitrogens with zero attached hydrogens (tertiary/aromatic N) is 2. The molecule has 0 unspecified atom stereocenters. The second-order valence-electron chi connectivity index (χ2n) is 2.42. The van der Waals surface area contributed by atoms with E-state index in [1.807, 2.05) is 6.92 Å². The van der Waals surface area contributed by atoms with Crippen LogP contribution in [-0.4, -0.2) is 9.97 Å². The Kier molecular flexibility index (Phi) is 6.07. The van der Waals surface area contributed by atoms with Gasteiger partial charge in [0.05, 0.1) is 22.4 Å². The van der Waals surface area contributed by atoms with Crippen LogP contribution >= 0.6 is 61.8 Å². The molecule has 2 rings (SSSR count). The van der Waals surface area contributed by atoms with Crippen molar-refractivity contribution in [3.8, 4) is 0 Å². The van der Waals surface area contributed by atoms with Crippen LogP contribution in [0.25, 0.3) is 0 Å². The van der Waals surface area contributed by atoms with Crippen molar-refractivity contribution in [2.45, 2.75) is 12.3 Å². The fourth-order valence-electron chi connectivity index (χ4n) is 0.630. The molecule has 2 aromatic heterocycles. The van der Waals surface area contributed by atoms with Gasteiger partial charge in [0.1, 0.15) is 8.67 Å². The van der Waals surface area contributed by atoms with Gasteiger partial charge in [-0.15, -0.1) is 22.7 Å². The van der Waals surface area contributed by atoms with E-state index in [0.29, 0.717) is 0 Å². The Labute approximate surface area is 114 Å². The lowest BCUT2D eigenvalue weighted by molar-refractivity contribution is 1.25. The SMILES string of the molecule is Cc1ncsc1Cl.Clc1scnc1CBr. The Morgan fingerprint density at radius 2 is 1.80 bits per heavy atom. The van der Waals surface area contributed by atoms with Crippen molar-refractivity contribution < 1.29 is 0 Å². The van der Waals surface area contributed by atoms with E-state index >= 15 is 0 Å². The first-order valence-corrected chi connectivity index (χ1v) is 7.48. The normalized spacial score (nSPS) is 9.60. The van der Waals surface area contributed by atoms with Crippen LogP contribution in [0.15, 0.2) is 11.0 Å². The van der Waals surface area contributed by atoms with Gasteiger partial charge in [-0.2, -0.15) is 0 Å². The summed E-state index contributed by atoms with van der Waals surface area (Å²) < 4.78 is 1.57. The van der Waals surface area contributed by atoms with Gasteiger partial charge < -0.3 is 0 Å². The summed E-state index contributed by atoms with van der Waals surface area (Å²) in [6.45, 7) is 1.89. The largest absolute Gasteiger partial charge is 0.248 e. The molecule has 0 fully saturated rings. The lowest BCUT2D eigenvalue weighted by atomic mass is 10.6. The molecule has 0 radical (unpaired) electrons. The van der Waals surface area contributed by atoms with Gasteiger partial charge in [0.2, 0.25) is 0 Å². The zero-order valence-electron chi connectivity index (χ0n) is 7.71. The monoisotopic (exact) mass is 344 g/mol. The van der Waals surface area contributed by atoms with Crippen LogP contribution < -0.4 is 0 Å². The van der Waals surface area contributed by atoms with Gasteiger partial charge in [0, 0.05) is 5.33 Å². The fraction of sp³-hybridized carbons (Fsp3) is 0.250. The van der Waals surface area contributed by atoms with Crippen molar-refractivity contribution in [2.75, 3.05) is 0 Å². The van der Waals surface area contributed by atoms with E-state index in [4.69, 9.17) is 23.2 Å². The van der Waals surface area contributed by atoms with Crippen molar-refractivity contribution in [3.05, 3.63) is 31.1 Å². The zero-order chi connectivity index (χ0) is 11.3. The highest BCUT2D eigenvalue weighted by Gasteiger charge is 1.98. The lowest BCUT2D eigenvalue weighted by Gasteiger charge is -1.82. The van der Waals surface area contributed by atoms with Crippen molar-refractivity contribution >= 4 is 61.8 Å². The molecule has 0 saturated heterocycles. The van der Waals surface area contributed by atoms with Gasteiger partial charge in [0.25, 0.3) is 0 Å². The molecule has 2 heterocycles. The van der Waals surface area contributed by atoms with Gasteiger partial charge in [-0.25, -0.2) is 9.97 Å². The molecule has 2 nitrogen and oxygen atoms in total. The Bertz CT molecular complexity index is 400. The quantitative estimate of drug-likeness (QED) is 0.694. The molecule has 0 aliphatic rings. The topological polar surface area (TPSA) is 25.8 Å². The second kappa shape index (κ2) is 6.81. The minimum Gasteiger partial charge on any atom is -0.248 e. The molecule has 0 aromatic carbocycles. The fourth-order valence-corrected chi connectivity index (χ4v) is 2.87. The highest BCUT2D eigenvalue weighted by molar-refractivity contribution is 9.08. The third-order valence-electron chi connectivity index (χ3n) is 1.41. The summed E-state index contributed by atoms with van der Waals surface area (Å²) >= 11 is 17.4. The van der Waals surface area contributed by atoms with Crippen LogP contribution in [0.5, 0.6) is 0 Å². The van der Waals surface area contributed by atoms with Crippen LogP contribution in [-0.2, 0) is 5.33 Å². The maximum absolute atomic E-state index is 5.67. The van der Waals surface area contributed by atoms with E-state index < -0.39 is 0 Å². The van der Waals surface area contributed by atoms with Crippen LogP contribution in [0, 0.1) is 6.92 Å². The van der Waals surface area contributed by atoms with E-state index in [9.17, 15) is 0 Å². The van der Waals surface area contributed by atoms with Crippen LogP contribution in [0.1, 0.15) is 11.4 Å². The summed E-state index contributed by atoms with van der Waals surface area (Å²) in [5.41, 5.74) is 5.32. The summed E-state index contributed by atoms with van der Waals surface area (Å²) in [5, 5.41) is 0.745. The third-order valence-corrected chi connectivity index (χ3v) is 4.33. The maximum atomic E-state index is 5.67. The van der Waals surface area contributed by atoms with Crippen LogP contribution in [0.3, 0.4) is 0 Å². The second-order valence-corrected chi connectivity index (χ2v) is 5.89. The number of rotatable bonds is 1. The van der Waals surface area contributed by atoms with Crippen LogP contribution in [0.4, 0.5) is 0 Å². The molecule has 0 N–H and O–H groups in total. The Morgan fingerprint density at radius 1 is 1.20 bits per heavy atom. The maximum Gasteiger partial charge on any atom is 0.117 e. The number of hydrogen-bond donors (Lipinski definition) is 0. The highest BCUT2D eigenvalue weighted by Crippen LogP contribution is 2.21. The average molecular weight is 346 g/mol. The smallest absolute Gasteiger partial charge is 0.117 e. The first-order chi connectivity index (χ1) is 7.15. The predicted molar refractivity (Wildman–Crippen MR) is 71.6 cm³/mol. The average Bonchev–Trinajstić information content (AvgIpc) is 2.78. The molecule has 0 amide bonds. The number of halogens is 3. The molecule has 0 atom stereocenters. The molecular weight excluding hydrogens is 339 g/mol. The molecule has 0 saturated carbocycles. The molecule has 0 aliphatic heterocycles. The molecule has 15 heavy (non-hydrogen) atoms. The summed E-state index contributed by atoms with van der Waals surface area (Å²) in [4.78, 5) is 7.88. The number of thiazole rings is 2. The molecule has 0 spiro atoms. The number of alkyl halides is 1. The Balaban J connectivity index is 0.000000151. The molecule has 0 bridgehead atoms. The zero-order valence-corrected chi connectivity index (χ0v) is 12.4. The first kappa shape index (κ1) is 13.4. The molecule has 82 valence electrons. The van der Waals surface area contributed by atoms with Gasteiger partial charge in [0.15, 0.2) is 0 Å². The summed E-state index contributed by atoms with van der Waals surface area (Å²) in [7, 11) is 0. The summed E-state index contributed by atoms with van der Waals surface area (Å²) in [5.74, 6) is 0. The molecule has 0 aliphatic carbocycles. The lowest BCUT2D eigenvalue weighted by Crippen LogP contribution is -1.72. The Morgan fingerprint density at radius 3 is 2.00 bits per heavy atom. The minimum atomic E-state index is 0.745. The van der Waals surface area contributed by atoms with Crippen molar-refractivity contribution in [3.63, 3.8) is 0 Å². The first-order valence-electron chi connectivity index (χ1n) is 3.84. The van der Waals surface area contributed by atoms with E-state index in [1.54, 1.807) is 11.0 Å². The summed E-state index contributed by atoms with van der Waals surface area (Å²) in [6.07, 6.45) is 0. The third kappa shape index (κ3) is 4.36. The molecule has 7 heteroatoms. The number of aromatic nitrogens is 2. The predicted octanol–water partition coefficient (Wildman–Crippen LogP) is 4.80. The number of hydrogen-bond acceptors (Lipinski definition) is 4. The van der Waals surface area contributed by atoms with Gasteiger partial charge in [-0.05, 0) is 6.92 Å². The van der Waals surface area contributed by atoms with Gasteiger partial charge in [-0.3, -0.25) is 0 Å². The highest BCUT2D eigenvalue weighted by atomic mass is 79.9. The molecular formula is C8H7BrCl2N2S2.